The van der Waals surface area contributed by atoms with Gasteiger partial charge in [-0.05, 0) is 46.5 Å². The number of nitrogens with zero attached hydrogens (tertiary/aromatic N) is 2. The lowest BCUT2D eigenvalue weighted by Gasteiger charge is -2.21. The molecule has 160 valence electrons. The second-order valence-corrected chi connectivity index (χ2v) is 7.51. The Morgan fingerprint density at radius 1 is 1.19 bits per heavy atom. The highest BCUT2D eigenvalue weighted by molar-refractivity contribution is 14.0. The Hall–Kier alpha value is -0.570. The van der Waals surface area contributed by atoms with Gasteiger partial charge in [-0.15, -0.1) is 24.0 Å². The van der Waals surface area contributed by atoms with Crippen LogP contribution in [0.2, 0.25) is 0 Å². The van der Waals surface area contributed by atoms with Crippen molar-refractivity contribution in [3.8, 4) is 0 Å². The molecule has 0 aliphatic carbocycles. The number of halogens is 1. The number of unbranched alkanes of at least 4 members (excludes halogenated alkanes) is 3. The van der Waals surface area contributed by atoms with Gasteiger partial charge in [0.05, 0.1) is 6.61 Å². The molecule has 1 fully saturated rings. The lowest BCUT2D eigenvalue weighted by molar-refractivity contribution is -0.143. The summed E-state index contributed by atoms with van der Waals surface area (Å²) in [5.41, 5.74) is 0. The molecular formula is C20H41IN4O2. The predicted molar refractivity (Wildman–Crippen MR) is 124 cm³/mol. The van der Waals surface area contributed by atoms with Gasteiger partial charge in [-0.25, -0.2) is 0 Å². The molecule has 0 aromatic rings. The highest BCUT2D eigenvalue weighted by atomic mass is 127. The van der Waals surface area contributed by atoms with Gasteiger partial charge in [-0.2, -0.15) is 0 Å². The first-order chi connectivity index (χ1) is 12.5. The first-order valence-electron chi connectivity index (χ1n) is 10.4. The Balaban J connectivity index is 0.00000676. The Kier molecular flexibility index (Phi) is 15.0. The number of guanidine groups is 1. The van der Waals surface area contributed by atoms with Crippen molar-refractivity contribution in [2.24, 2.45) is 10.9 Å². The summed E-state index contributed by atoms with van der Waals surface area (Å²) in [6, 6.07) is 1.05. The van der Waals surface area contributed by atoms with Crippen LogP contribution in [0.4, 0.5) is 0 Å². The summed E-state index contributed by atoms with van der Waals surface area (Å²) in [5, 5.41) is 6.98. The molecule has 0 amide bonds. The van der Waals surface area contributed by atoms with Gasteiger partial charge < -0.3 is 15.4 Å². The molecule has 0 spiro atoms. The number of likely N-dealkylation sites (tertiary alicyclic amines) is 1. The number of ether oxygens (including phenoxy) is 1. The number of carbonyl (C=O) groups excluding carboxylic acids is 1. The smallest absolute Gasteiger partial charge is 0.305 e. The minimum absolute atomic E-state index is 0. The first-order valence-corrected chi connectivity index (χ1v) is 10.4. The number of rotatable bonds is 11. The van der Waals surface area contributed by atoms with Crippen LogP contribution in [0.25, 0.3) is 0 Å². The molecule has 2 N–H and O–H groups in total. The number of esters is 1. The fourth-order valence-electron chi connectivity index (χ4n) is 3.27. The molecule has 1 heterocycles. The van der Waals surface area contributed by atoms with Crippen LogP contribution in [-0.2, 0) is 9.53 Å². The second-order valence-electron chi connectivity index (χ2n) is 7.51. The zero-order valence-corrected chi connectivity index (χ0v) is 20.3. The quantitative estimate of drug-likeness (QED) is 0.151. The van der Waals surface area contributed by atoms with E-state index >= 15 is 0 Å². The monoisotopic (exact) mass is 496 g/mol. The molecule has 27 heavy (non-hydrogen) atoms. The van der Waals surface area contributed by atoms with E-state index in [4.69, 9.17) is 9.73 Å². The normalized spacial score (nSPS) is 20.4. The van der Waals surface area contributed by atoms with Crippen LogP contribution < -0.4 is 10.6 Å². The van der Waals surface area contributed by atoms with Crippen molar-refractivity contribution >= 4 is 35.9 Å². The van der Waals surface area contributed by atoms with Gasteiger partial charge in [-0.3, -0.25) is 14.7 Å². The van der Waals surface area contributed by atoms with Gasteiger partial charge in [0, 0.05) is 44.7 Å². The van der Waals surface area contributed by atoms with Crippen LogP contribution in [0.3, 0.4) is 0 Å². The zero-order valence-electron chi connectivity index (χ0n) is 17.9. The average molecular weight is 496 g/mol. The minimum atomic E-state index is -0.0784. The SMILES string of the molecule is CCNC(=NCCCCCCC(=O)OCC)NC1CN(C(C)C)CC1C.I. The minimum Gasteiger partial charge on any atom is -0.466 e. The largest absolute Gasteiger partial charge is 0.466 e. The Labute approximate surface area is 183 Å². The fourth-order valence-corrected chi connectivity index (χ4v) is 3.27. The molecule has 1 aliphatic heterocycles. The maximum absolute atomic E-state index is 11.3. The van der Waals surface area contributed by atoms with E-state index in [-0.39, 0.29) is 29.9 Å². The molecular weight excluding hydrogens is 455 g/mol. The summed E-state index contributed by atoms with van der Waals surface area (Å²) in [6.45, 7) is 15.2. The van der Waals surface area contributed by atoms with E-state index < -0.39 is 0 Å². The summed E-state index contributed by atoms with van der Waals surface area (Å²) >= 11 is 0. The van der Waals surface area contributed by atoms with Gasteiger partial charge in [0.1, 0.15) is 0 Å². The van der Waals surface area contributed by atoms with Gasteiger partial charge >= 0.3 is 5.97 Å². The molecule has 7 heteroatoms. The van der Waals surface area contributed by atoms with Crippen molar-refractivity contribution in [1.29, 1.82) is 0 Å². The summed E-state index contributed by atoms with van der Waals surface area (Å²) < 4.78 is 4.94. The van der Waals surface area contributed by atoms with Crippen molar-refractivity contribution < 1.29 is 9.53 Å². The van der Waals surface area contributed by atoms with Crippen molar-refractivity contribution in [2.75, 3.05) is 32.8 Å². The van der Waals surface area contributed by atoms with Crippen LogP contribution in [-0.4, -0.2) is 61.7 Å². The summed E-state index contributed by atoms with van der Waals surface area (Å²) in [5.74, 6) is 1.48. The summed E-state index contributed by atoms with van der Waals surface area (Å²) in [7, 11) is 0. The molecule has 2 unspecified atom stereocenters. The van der Waals surface area contributed by atoms with Gasteiger partial charge in [0.2, 0.25) is 0 Å². The maximum Gasteiger partial charge on any atom is 0.305 e. The van der Waals surface area contributed by atoms with E-state index in [0.29, 0.717) is 31.0 Å². The highest BCUT2D eigenvalue weighted by Crippen LogP contribution is 2.18. The standard InChI is InChI=1S/C20H40N4O2.HI/c1-6-21-20(23-18-15-24(16(3)4)14-17(18)5)22-13-11-9-8-10-12-19(25)26-7-2;/h16-18H,6-15H2,1-5H3,(H2,21,22,23);1H. The van der Waals surface area contributed by atoms with E-state index in [1.807, 2.05) is 6.92 Å². The number of carbonyl (C=O) groups is 1. The van der Waals surface area contributed by atoms with Crippen LogP contribution in [0.15, 0.2) is 4.99 Å². The molecule has 0 aromatic carbocycles. The highest BCUT2D eigenvalue weighted by Gasteiger charge is 2.31. The van der Waals surface area contributed by atoms with Crippen molar-refractivity contribution in [3.05, 3.63) is 0 Å². The lowest BCUT2D eigenvalue weighted by Crippen LogP contribution is -2.46. The molecule has 1 aliphatic rings. The molecule has 0 aromatic heterocycles. The van der Waals surface area contributed by atoms with E-state index in [1.54, 1.807) is 0 Å². The fraction of sp³-hybridized carbons (Fsp3) is 0.900. The van der Waals surface area contributed by atoms with E-state index in [2.05, 4.69) is 43.2 Å². The van der Waals surface area contributed by atoms with E-state index in [1.165, 1.54) is 0 Å². The van der Waals surface area contributed by atoms with Crippen molar-refractivity contribution in [2.45, 2.75) is 78.8 Å². The third-order valence-electron chi connectivity index (χ3n) is 4.90. The lowest BCUT2D eigenvalue weighted by atomic mass is 10.1. The molecule has 1 rings (SSSR count). The van der Waals surface area contributed by atoms with E-state index in [0.717, 1.165) is 57.8 Å². The average Bonchev–Trinajstić information content (AvgIpc) is 2.95. The van der Waals surface area contributed by atoms with Gasteiger partial charge in [0.25, 0.3) is 0 Å². The third-order valence-corrected chi connectivity index (χ3v) is 4.90. The topological polar surface area (TPSA) is 66.0 Å². The molecule has 0 radical (unpaired) electrons. The Morgan fingerprint density at radius 3 is 2.48 bits per heavy atom. The third kappa shape index (κ3) is 11.1. The number of nitrogens with one attached hydrogen (secondary N) is 2. The number of aliphatic imine (C=N–C) groups is 1. The van der Waals surface area contributed by atoms with Crippen LogP contribution in [0.5, 0.6) is 0 Å². The maximum atomic E-state index is 11.3. The Morgan fingerprint density at radius 2 is 1.89 bits per heavy atom. The second kappa shape index (κ2) is 15.4. The van der Waals surface area contributed by atoms with Crippen molar-refractivity contribution in [1.82, 2.24) is 15.5 Å². The molecule has 0 bridgehead atoms. The number of hydrogen-bond acceptors (Lipinski definition) is 4. The first kappa shape index (κ1) is 26.4. The molecule has 1 saturated heterocycles. The van der Waals surface area contributed by atoms with Crippen molar-refractivity contribution in [3.63, 3.8) is 0 Å². The van der Waals surface area contributed by atoms with Gasteiger partial charge in [0.15, 0.2) is 5.96 Å². The summed E-state index contributed by atoms with van der Waals surface area (Å²) in [6.07, 6.45) is 4.65. The molecule has 6 nitrogen and oxygen atoms in total. The van der Waals surface area contributed by atoms with Gasteiger partial charge in [-0.1, -0.05) is 19.8 Å². The molecule has 0 saturated carbocycles. The van der Waals surface area contributed by atoms with Crippen LogP contribution in [0, 0.1) is 5.92 Å². The van der Waals surface area contributed by atoms with Crippen LogP contribution in [0.1, 0.15) is 66.7 Å². The van der Waals surface area contributed by atoms with Crippen LogP contribution >= 0.6 is 24.0 Å². The zero-order chi connectivity index (χ0) is 19.4. The predicted octanol–water partition coefficient (Wildman–Crippen LogP) is 3.40. The molecule has 2 atom stereocenters. The number of hydrogen-bond donors (Lipinski definition) is 2. The Bertz CT molecular complexity index is 432. The summed E-state index contributed by atoms with van der Waals surface area (Å²) in [4.78, 5) is 18.5. The van der Waals surface area contributed by atoms with E-state index in [9.17, 15) is 4.79 Å².